The summed E-state index contributed by atoms with van der Waals surface area (Å²) in [4.78, 5) is 92.4. The van der Waals surface area contributed by atoms with Crippen LogP contribution in [0.4, 0.5) is 17.5 Å². The molecule has 0 saturated carbocycles. The molecule has 72 heavy (non-hydrogen) atoms. The van der Waals surface area contributed by atoms with Crippen LogP contribution in [-0.4, -0.2) is 148 Å². The molecule has 0 spiro atoms. The van der Waals surface area contributed by atoms with E-state index in [-0.39, 0.29) is 64.6 Å². The molecule has 1 fully saturated rings. The van der Waals surface area contributed by atoms with Crippen molar-refractivity contribution in [1.29, 1.82) is 0 Å². The first kappa shape index (κ1) is 51.9. The van der Waals surface area contributed by atoms with Gasteiger partial charge < -0.3 is 77.4 Å². The number of aliphatic hydroxyl groups excluding tert-OH is 2. The van der Waals surface area contributed by atoms with Gasteiger partial charge in [0, 0.05) is 66.7 Å². The van der Waals surface area contributed by atoms with Crippen LogP contribution in [0.15, 0.2) is 48.7 Å². The lowest BCUT2D eigenvalue weighted by Gasteiger charge is -2.42. The van der Waals surface area contributed by atoms with Crippen LogP contribution in [0.3, 0.4) is 0 Å². The normalized spacial score (nSPS) is 21.5. The lowest BCUT2D eigenvalue weighted by molar-refractivity contribution is -0.247. The Bertz CT molecular complexity index is 2980. The second kappa shape index (κ2) is 20.8. The van der Waals surface area contributed by atoms with Gasteiger partial charge in [0.25, 0.3) is 5.91 Å². The van der Waals surface area contributed by atoms with Gasteiger partial charge in [0.1, 0.15) is 35.5 Å². The van der Waals surface area contributed by atoms with E-state index in [2.05, 4.69) is 25.3 Å². The number of benzene rings is 3. The molecule has 7 atom stereocenters. The molecule has 5 aromatic rings. The number of amides is 1. The number of nitrogen functional groups attached to an aromatic ring is 2. The van der Waals surface area contributed by atoms with Crippen LogP contribution < -0.4 is 32.2 Å². The molecule has 1 unspecified atom stereocenters. The topological polar surface area (TPSA) is 417 Å². The van der Waals surface area contributed by atoms with Crippen LogP contribution in [0.2, 0.25) is 0 Å². The molecular weight excluding hydrogens is 947 g/mol. The van der Waals surface area contributed by atoms with Gasteiger partial charge in [0.05, 0.1) is 60.5 Å². The molecule has 2 aromatic heterocycles. The third-order valence-corrected chi connectivity index (χ3v) is 12.5. The number of ether oxygens (including phenoxy) is 3. The van der Waals surface area contributed by atoms with Gasteiger partial charge in [0.2, 0.25) is 11.7 Å². The van der Waals surface area contributed by atoms with E-state index in [1.54, 1.807) is 25.3 Å². The van der Waals surface area contributed by atoms with E-state index in [4.69, 9.17) is 36.5 Å². The summed E-state index contributed by atoms with van der Waals surface area (Å²) < 4.78 is 17.0. The lowest BCUT2D eigenvalue weighted by atomic mass is 9.72. The first-order valence-electron chi connectivity index (χ1n) is 22.2. The lowest BCUT2D eigenvalue weighted by Crippen LogP contribution is -2.53. The summed E-state index contributed by atoms with van der Waals surface area (Å²) >= 11 is 0. The number of rotatable bonds is 14. The number of hydrogen-bond acceptors (Lipinski definition) is 22. The van der Waals surface area contributed by atoms with Crippen LogP contribution in [0.25, 0.3) is 11.2 Å². The van der Waals surface area contributed by atoms with Gasteiger partial charge in [-0.3, -0.25) is 24.0 Å². The van der Waals surface area contributed by atoms with Crippen LogP contribution in [0.1, 0.15) is 97.7 Å². The molecule has 3 heterocycles. The fourth-order valence-electron chi connectivity index (χ4n) is 8.78. The van der Waals surface area contributed by atoms with E-state index in [0.717, 1.165) is 5.69 Å². The predicted octanol–water partition coefficient (Wildman–Crippen LogP) is 0.270. The number of carboxylic acids is 2. The van der Waals surface area contributed by atoms with Crippen molar-refractivity contribution in [1.82, 2.24) is 25.3 Å². The number of nitrogens with two attached hydrogens (primary N) is 3. The third-order valence-electron chi connectivity index (χ3n) is 12.5. The van der Waals surface area contributed by atoms with E-state index >= 15 is 0 Å². The number of nitrogens with one attached hydrogen (secondary N) is 1. The van der Waals surface area contributed by atoms with Crippen molar-refractivity contribution in [3.63, 3.8) is 0 Å². The average Bonchev–Trinajstić information content (AvgIpc) is 3.34. The van der Waals surface area contributed by atoms with Crippen LogP contribution in [0, 0.1) is 0 Å². The Kier molecular flexibility index (Phi) is 15.0. The van der Waals surface area contributed by atoms with Gasteiger partial charge in [-0.2, -0.15) is 9.97 Å². The van der Waals surface area contributed by atoms with Gasteiger partial charge >= 0.3 is 11.9 Å². The summed E-state index contributed by atoms with van der Waals surface area (Å²) in [6.45, 7) is 0.929. The number of aromatic nitrogens is 4. The number of hydrogen-bond donors (Lipinski definition) is 11. The monoisotopic (exact) mass is 997 g/mol. The Morgan fingerprint density at radius 2 is 1.68 bits per heavy atom. The molecule has 3 aliphatic rings. The molecule has 14 N–H and O–H groups in total. The summed E-state index contributed by atoms with van der Waals surface area (Å²) in [5.74, 6) is -6.68. The quantitative estimate of drug-likeness (QED) is 0.0652. The zero-order valence-corrected chi connectivity index (χ0v) is 38.8. The molecule has 380 valence electrons. The minimum absolute atomic E-state index is 0.0138. The van der Waals surface area contributed by atoms with Crippen molar-refractivity contribution in [2.75, 3.05) is 37.1 Å². The maximum absolute atomic E-state index is 13.6. The number of carboxylic acid groups (broad SMARTS) is 2. The number of aliphatic hydroxyl groups is 3. The van der Waals surface area contributed by atoms with Gasteiger partial charge in [-0.05, 0) is 43.7 Å². The van der Waals surface area contributed by atoms with Crippen molar-refractivity contribution >= 4 is 63.8 Å². The Hall–Kier alpha value is -7.94. The highest BCUT2D eigenvalue weighted by Crippen LogP contribution is 2.52. The van der Waals surface area contributed by atoms with Crippen LogP contribution in [-0.2, 0) is 36.8 Å². The number of fused-ring (bicyclic) bond motifs is 4. The van der Waals surface area contributed by atoms with Crippen molar-refractivity contribution in [3.8, 4) is 17.2 Å². The number of methoxy groups -OCH3 is 1. The van der Waals surface area contributed by atoms with Crippen LogP contribution in [0.5, 0.6) is 17.2 Å². The SMILES string of the molecule is CN(Cc1cnc2nc(N)nc(N)c2n1)c1ccc(C(=O)NC(CCC(=O)O)C(=O)O)cc1.COc1cccc2c1C(=O)c1c(O)c3c(c(O)c1C2=O)C[C@@](O)(C(=O)CO)C[C@@H]3O[C@H]1C[C@H](N)[C@H](O)[C@H](C)O1. The number of phenolic OH excluding ortho intramolecular Hbond substituents is 2. The van der Waals surface area contributed by atoms with Crippen LogP contribution >= 0.6 is 0 Å². The number of aromatic hydroxyl groups is 2. The summed E-state index contributed by atoms with van der Waals surface area (Å²) in [5.41, 5.74) is 16.0. The molecule has 25 heteroatoms. The zero-order valence-electron chi connectivity index (χ0n) is 38.8. The van der Waals surface area contributed by atoms with Gasteiger partial charge in [-0.25, -0.2) is 14.8 Å². The number of carbonyl (C=O) groups is 6. The fraction of sp³-hybridized carbons (Fsp3) is 0.362. The highest BCUT2D eigenvalue weighted by Gasteiger charge is 2.50. The smallest absolute Gasteiger partial charge is 0.326 e. The van der Waals surface area contributed by atoms with Crippen molar-refractivity contribution in [2.24, 2.45) is 5.73 Å². The standard InChI is InChI=1S/C27H29NO11.C20H22N8O5/c1-10-22(31)13(28)6-17(38-10)39-15-8-27(36,16(30)9-29)7-12-19(15)26(35)21-20(24(12)33)23(32)11-4-3-5-14(37-2)18(11)25(21)34;1-28(9-11-8-23-17-15(24-11)16(21)26-20(22)27-17)12-4-2-10(3-5-12)18(31)25-13(19(32)33)6-7-14(29)30/h3-5,10,13,15,17,22,29,31,33,35-36H,6-9,28H2,1-2H3;2-5,8,13H,6-7,9H2,1H3,(H,25,31)(H,29,30)(H,32,33)(H4,21,22,23,26,27)/t10-,13-,15-,17-,22+,27-;/m0./s1. The minimum Gasteiger partial charge on any atom is -0.507 e. The number of anilines is 3. The summed E-state index contributed by atoms with van der Waals surface area (Å²) in [6, 6.07) is 8.80. The molecule has 2 aliphatic carbocycles. The average molecular weight is 998 g/mol. The summed E-state index contributed by atoms with van der Waals surface area (Å²) in [7, 11) is 3.14. The number of carbonyl (C=O) groups excluding carboxylic acids is 4. The molecule has 1 amide bonds. The van der Waals surface area contributed by atoms with E-state index in [0.29, 0.717) is 23.4 Å². The summed E-state index contributed by atoms with van der Waals surface area (Å²) in [5, 5.41) is 73.9. The zero-order chi connectivity index (χ0) is 52.5. The van der Waals surface area contributed by atoms with E-state index in [1.807, 2.05) is 11.9 Å². The molecule has 0 radical (unpaired) electrons. The molecule has 25 nitrogen and oxygen atoms in total. The van der Waals surface area contributed by atoms with E-state index in [9.17, 15) is 59.4 Å². The second-order valence-electron chi connectivity index (χ2n) is 17.4. The van der Waals surface area contributed by atoms with Gasteiger partial charge in [-0.1, -0.05) is 12.1 Å². The Balaban J connectivity index is 0.000000215. The van der Waals surface area contributed by atoms with E-state index in [1.165, 1.54) is 37.4 Å². The number of Topliss-reactive ketones (excluding diaryl/α,β-unsaturated/α-hetero) is 1. The largest absolute Gasteiger partial charge is 0.507 e. The first-order valence-corrected chi connectivity index (χ1v) is 22.2. The predicted molar refractivity (Wildman–Crippen MR) is 250 cm³/mol. The first-order chi connectivity index (χ1) is 34.1. The maximum atomic E-state index is 13.6. The Morgan fingerprint density at radius 3 is 2.32 bits per heavy atom. The van der Waals surface area contributed by atoms with Gasteiger partial charge in [0.15, 0.2) is 34.8 Å². The molecule has 0 bridgehead atoms. The third kappa shape index (κ3) is 10.3. The number of phenols is 2. The molecule has 1 aliphatic heterocycles. The number of ketones is 3. The van der Waals surface area contributed by atoms with Crippen molar-refractivity contribution < 1.29 is 78.7 Å². The number of nitrogens with zero attached hydrogens (tertiary/aromatic N) is 5. The molecular formula is C47H51N9O16. The fourth-order valence-corrected chi connectivity index (χ4v) is 8.78. The molecule has 3 aromatic carbocycles. The highest BCUT2D eigenvalue weighted by atomic mass is 16.7. The number of aliphatic carboxylic acids is 2. The Morgan fingerprint density at radius 1 is 0.986 bits per heavy atom. The highest BCUT2D eigenvalue weighted by molar-refractivity contribution is 6.31. The molecule has 8 rings (SSSR count). The van der Waals surface area contributed by atoms with Crippen molar-refractivity contribution in [2.45, 2.75) is 87.9 Å². The summed E-state index contributed by atoms with van der Waals surface area (Å²) in [6.07, 6.45) is -4.16. The van der Waals surface area contributed by atoms with Gasteiger partial charge in [-0.15, -0.1) is 0 Å². The molecule has 1 saturated heterocycles. The second-order valence-corrected chi connectivity index (χ2v) is 17.4. The minimum atomic E-state index is -2.24. The van der Waals surface area contributed by atoms with Crippen molar-refractivity contribution in [3.05, 3.63) is 93.3 Å². The maximum Gasteiger partial charge on any atom is 0.326 e. The van der Waals surface area contributed by atoms with E-state index < -0.39 is 120 Å². The Labute approximate surface area is 408 Å².